The fraction of sp³-hybridized carbons (Fsp3) is 0.214. The Morgan fingerprint density at radius 2 is 2.00 bits per heavy atom. The first-order valence-electron chi connectivity index (χ1n) is 7.07. The molecule has 3 heterocycles. The van der Waals surface area contributed by atoms with E-state index >= 15 is 0 Å². The third kappa shape index (κ3) is 3.08. The molecule has 0 radical (unpaired) electrons. The summed E-state index contributed by atoms with van der Waals surface area (Å²) in [5.41, 5.74) is 4.99. The number of allylic oxidation sites excluding steroid dienone is 2. The maximum Gasteiger partial charge on any atom is 0.286 e. The van der Waals surface area contributed by atoms with E-state index in [1.807, 2.05) is 0 Å². The van der Waals surface area contributed by atoms with Gasteiger partial charge in [-0.15, -0.1) is 4.40 Å². The summed E-state index contributed by atoms with van der Waals surface area (Å²) in [6, 6.07) is 3.30. The SMILES string of the molecule is Cn1cccc1C(=O)NNC(=O)C1=CC=CN2CCS(=O)(=O)N=C12. The molecule has 0 saturated heterocycles. The molecular weight excluding hydrogens is 334 g/mol. The summed E-state index contributed by atoms with van der Waals surface area (Å²) in [4.78, 5) is 25.8. The van der Waals surface area contributed by atoms with E-state index in [-0.39, 0.29) is 23.7 Å². The number of amides is 2. The fourth-order valence-electron chi connectivity index (χ4n) is 2.34. The van der Waals surface area contributed by atoms with Crippen molar-refractivity contribution in [2.45, 2.75) is 0 Å². The molecule has 0 bridgehead atoms. The standard InChI is InChI=1S/C14H15N5O4S/c1-18-6-3-5-11(18)14(21)16-15-13(20)10-4-2-7-19-8-9-24(22,23)17-12(10)19/h2-7H,8-9H2,1H3,(H,15,20)(H,16,21). The lowest BCUT2D eigenvalue weighted by molar-refractivity contribution is -0.117. The summed E-state index contributed by atoms with van der Waals surface area (Å²) in [6.07, 6.45) is 6.41. The van der Waals surface area contributed by atoms with Gasteiger partial charge in [0, 0.05) is 26.0 Å². The Morgan fingerprint density at radius 1 is 1.25 bits per heavy atom. The summed E-state index contributed by atoms with van der Waals surface area (Å²) >= 11 is 0. The number of carbonyl (C=O) groups excluding carboxylic acids is 2. The zero-order chi connectivity index (χ0) is 17.3. The molecule has 1 aromatic rings. The van der Waals surface area contributed by atoms with Gasteiger partial charge in [-0.25, -0.2) is 8.42 Å². The van der Waals surface area contributed by atoms with Gasteiger partial charge in [-0.1, -0.05) is 0 Å². The van der Waals surface area contributed by atoms with Crippen LogP contribution in [0.4, 0.5) is 0 Å². The van der Waals surface area contributed by atoms with Gasteiger partial charge in [0.25, 0.3) is 21.8 Å². The van der Waals surface area contributed by atoms with Crippen LogP contribution < -0.4 is 10.9 Å². The van der Waals surface area contributed by atoms with E-state index in [0.717, 1.165) is 0 Å². The summed E-state index contributed by atoms with van der Waals surface area (Å²) in [5, 5.41) is 0. The van der Waals surface area contributed by atoms with E-state index in [0.29, 0.717) is 5.69 Å². The van der Waals surface area contributed by atoms with Crippen molar-refractivity contribution in [2.24, 2.45) is 11.4 Å². The molecule has 24 heavy (non-hydrogen) atoms. The van der Waals surface area contributed by atoms with Crippen molar-refractivity contribution in [1.82, 2.24) is 20.3 Å². The summed E-state index contributed by atoms with van der Waals surface area (Å²) < 4.78 is 28.6. The number of hydrazine groups is 1. The number of nitrogens with zero attached hydrogens (tertiary/aromatic N) is 3. The van der Waals surface area contributed by atoms with E-state index < -0.39 is 21.8 Å². The molecule has 2 amide bonds. The van der Waals surface area contributed by atoms with Crippen LogP contribution in [0.3, 0.4) is 0 Å². The van der Waals surface area contributed by atoms with Crippen LogP contribution >= 0.6 is 0 Å². The number of fused-ring (bicyclic) bond motifs is 1. The largest absolute Gasteiger partial charge is 0.347 e. The first-order valence-corrected chi connectivity index (χ1v) is 8.68. The van der Waals surface area contributed by atoms with Crippen molar-refractivity contribution in [3.63, 3.8) is 0 Å². The number of amidine groups is 1. The predicted octanol–water partition coefficient (Wildman–Crippen LogP) is -0.716. The highest BCUT2D eigenvalue weighted by atomic mass is 32.2. The molecule has 0 aliphatic carbocycles. The van der Waals surface area contributed by atoms with Crippen molar-refractivity contribution < 1.29 is 18.0 Å². The van der Waals surface area contributed by atoms with Crippen LogP contribution in [-0.4, -0.2) is 47.8 Å². The highest BCUT2D eigenvalue weighted by molar-refractivity contribution is 7.90. The van der Waals surface area contributed by atoms with Crippen molar-refractivity contribution in [1.29, 1.82) is 0 Å². The van der Waals surface area contributed by atoms with Crippen LogP contribution in [-0.2, 0) is 21.9 Å². The van der Waals surface area contributed by atoms with Gasteiger partial charge in [0.05, 0.1) is 11.3 Å². The minimum atomic E-state index is -3.59. The molecule has 0 unspecified atom stereocenters. The number of hydrogen-bond acceptors (Lipinski definition) is 5. The van der Waals surface area contributed by atoms with Gasteiger partial charge in [0.1, 0.15) is 5.69 Å². The zero-order valence-corrected chi connectivity index (χ0v) is 13.6. The molecule has 0 atom stereocenters. The van der Waals surface area contributed by atoms with Crippen LogP contribution in [0.1, 0.15) is 10.5 Å². The topological polar surface area (TPSA) is 113 Å². The number of hydrogen-bond donors (Lipinski definition) is 2. The van der Waals surface area contributed by atoms with Crippen LogP contribution in [0.15, 0.2) is 46.7 Å². The molecule has 2 aliphatic heterocycles. The van der Waals surface area contributed by atoms with Crippen LogP contribution in [0, 0.1) is 0 Å². The third-order valence-corrected chi connectivity index (χ3v) is 4.72. The molecule has 2 aliphatic rings. The lowest BCUT2D eigenvalue weighted by Crippen LogP contribution is -2.47. The van der Waals surface area contributed by atoms with E-state index in [2.05, 4.69) is 15.2 Å². The maximum atomic E-state index is 12.3. The average molecular weight is 349 g/mol. The number of sulfonamides is 1. The normalized spacial score (nSPS) is 18.3. The number of rotatable bonds is 2. The average Bonchev–Trinajstić information content (AvgIpc) is 2.97. The lowest BCUT2D eigenvalue weighted by Gasteiger charge is -2.28. The molecule has 0 saturated carbocycles. The highest BCUT2D eigenvalue weighted by Crippen LogP contribution is 2.17. The van der Waals surface area contributed by atoms with E-state index in [1.165, 1.54) is 6.08 Å². The molecule has 10 heteroatoms. The molecule has 1 aromatic heterocycles. The molecule has 0 spiro atoms. The van der Waals surface area contributed by atoms with Crippen LogP contribution in [0.2, 0.25) is 0 Å². The van der Waals surface area contributed by atoms with Gasteiger partial charge < -0.3 is 9.47 Å². The summed E-state index contributed by atoms with van der Waals surface area (Å²) in [5.74, 6) is -1.20. The Bertz CT molecular complexity index is 894. The molecule has 0 fully saturated rings. The minimum absolute atomic E-state index is 0.0503. The smallest absolute Gasteiger partial charge is 0.286 e. The van der Waals surface area contributed by atoms with Gasteiger partial charge in [-0.2, -0.15) is 0 Å². The summed E-state index contributed by atoms with van der Waals surface area (Å²) in [6.45, 7) is 0.220. The first-order chi connectivity index (χ1) is 11.4. The molecule has 3 rings (SSSR count). The van der Waals surface area contributed by atoms with Gasteiger partial charge >= 0.3 is 0 Å². The van der Waals surface area contributed by atoms with Crippen molar-refractivity contribution >= 4 is 27.7 Å². The number of carbonyl (C=O) groups is 2. The van der Waals surface area contributed by atoms with Gasteiger partial charge in [0.2, 0.25) is 0 Å². The Balaban J connectivity index is 1.74. The zero-order valence-electron chi connectivity index (χ0n) is 12.8. The van der Waals surface area contributed by atoms with Gasteiger partial charge in [-0.05, 0) is 24.3 Å². The van der Waals surface area contributed by atoms with Gasteiger partial charge in [0.15, 0.2) is 5.84 Å². The second-order valence-corrected chi connectivity index (χ2v) is 6.98. The maximum absolute atomic E-state index is 12.3. The summed E-state index contributed by atoms with van der Waals surface area (Å²) in [7, 11) is -1.89. The first kappa shape index (κ1) is 16.0. The lowest BCUT2D eigenvalue weighted by atomic mass is 10.1. The molecular formula is C14H15N5O4S. The second kappa shape index (κ2) is 5.96. The third-order valence-electron chi connectivity index (χ3n) is 3.57. The molecule has 2 N–H and O–H groups in total. The van der Waals surface area contributed by atoms with E-state index in [4.69, 9.17) is 0 Å². The number of aryl methyl sites for hydroxylation is 1. The van der Waals surface area contributed by atoms with E-state index in [1.54, 1.807) is 47.1 Å². The van der Waals surface area contributed by atoms with Crippen molar-refractivity contribution in [3.05, 3.63) is 47.9 Å². The molecule has 0 aromatic carbocycles. The number of nitrogens with one attached hydrogen (secondary N) is 2. The Kier molecular flexibility index (Phi) is 3.97. The van der Waals surface area contributed by atoms with Crippen molar-refractivity contribution in [3.8, 4) is 0 Å². The van der Waals surface area contributed by atoms with E-state index in [9.17, 15) is 18.0 Å². The highest BCUT2D eigenvalue weighted by Gasteiger charge is 2.30. The van der Waals surface area contributed by atoms with Crippen LogP contribution in [0.25, 0.3) is 0 Å². The second-order valence-electron chi connectivity index (χ2n) is 5.23. The fourth-order valence-corrected chi connectivity index (χ4v) is 3.32. The minimum Gasteiger partial charge on any atom is -0.347 e. The predicted molar refractivity (Wildman–Crippen MR) is 86.2 cm³/mol. The molecule has 126 valence electrons. The monoisotopic (exact) mass is 349 g/mol. The Morgan fingerprint density at radius 3 is 2.71 bits per heavy atom. The Hall–Kier alpha value is -2.88. The number of aromatic nitrogens is 1. The molecule has 9 nitrogen and oxygen atoms in total. The Labute approximate surface area is 138 Å². The van der Waals surface area contributed by atoms with Gasteiger partial charge in [-0.3, -0.25) is 20.4 Å². The van der Waals surface area contributed by atoms with Crippen LogP contribution in [0.5, 0.6) is 0 Å². The van der Waals surface area contributed by atoms with Crippen molar-refractivity contribution in [2.75, 3.05) is 12.3 Å². The quantitative estimate of drug-likeness (QED) is 0.685.